The Morgan fingerprint density at radius 1 is 0.921 bits per heavy atom. The third-order valence-corrected chi connectivity index (χ3v) is 5.33. The highest BCUT2D eigenvalue weighted by molar-refractivity contribution is 6.04. The number of nitro groups is 1. The average molecular weight is 514 g/mol. The summed E-state index contributed by atoms with van der Waals surface area (Å²) in [6, 6.07) is 22.9. The molecule has 1 amide bonds. The molecule has 1 N–H and O–H groups in total. The van der Waals surface area contributed by atoms with Gasteiger partial charge in [-0.25, -0.2) is 10.2 Å². The molecule has 0 unspecified atom stereocenters. The minimum absolute atomic E-state index is 0.0829. The Bertz CT molecular complexity index is 1480. The third-order valence-electron chi connectivity index (χ3n) is 5.33. The van der Waals surface area contributed by atoms with Crippen LogP contribution in [0, 0.1) is 10.1 Å². The summed E-state index contributed by atoms with van der Waals surface area (Å²) >= 11 is 0. The van der Waals surface area contributed by atoms with Gasteiger partial charge in [-0.3, -0.25) is 14.9 Å². The molecule has 4 rings (SSSR count). The highest BCUT2D eigenvalue weighted by Gasteiger charge is 2.14. The lowest BCUT2D eigenvalue weighted by Gasteiger charge is -2.11. The Morgan fingerprint density at radius 2 is 1.61 bits per heavy atom. The number of nitrogens with zero attached hydrogens (tertiary/aromatic N) is 2. The fourth-order valence-corrected chi connectivity index (χ4v) is 3.52. The monoisotopic (exact) mass is 513 g/mol. The van der Waals surface area contributed by atoms with Crippen molar-refractivity contribution < 1.29 is 28.7 Å². The highest BCUT2D eigenvalue weighted by Crippen LogP contribution is 2.27. The fraction of sp³-hybridized carbons (Fsp3) is 0.107. The maximum absolute atomic E-state index is 12.8. The number of rotatable bonds is 10. The van der Waals surface area contributed by atoms with Gasteiger partial charge in [0.25, 0.3) is 11.6 Å². The Hall–Kier alpha value is -5.25. The van der Waals surface area contributed by atoms with Crippen LogP contribution in [0.3, 0.4) is 0 Å². The number of benzene rings is 4. The molecule has 4 aromatic carbocycles. The molecule has 0 bridgehead atoms. The molecule has 0 spiro atoms. The van der Waals surface area contributed by atoms with Gasteiger partial charge in [0.2, 0.25) is 0 Å². The standard InChI is InChI=1S/C28H23N3O7/c1-2-36-22-12-7-20(8-13-22)28(33)38-26-16-9-19-5-3-4-6-24(19)25(26)17-29-30-27(32)18-37-23-14-10-21(11-15-23)31(34)35/h3-17H,2,18H2,1H3,(H,30,32). The molecule has 0 aliphatic rings. The van der Waals surface area contributed by atoms with E-state index in [0.29, 0.717) is 29.2 Å². The summed E-state index contributed by atoms with van der Waals surface area (Å²) in [5, 5.41) is 16.4. The lowest BCUT2D eigenvalue weighted by molar-refractivity contribution is -0.384. The minimum atomic E-state index is -0.557. The zero-order valence-electron chi connectivity index (χ0n) is 20.3. The molecule has 0 atom stereocenters. The molecule has 10 nitrogen and oxygen atoms in total. The first-order chi connectivity index (χ1) is 18.4. The van der Waals surface area contributed by atoms with Gasteiger partial charge >= 0.3 is 5.97 Å². The van der Waals surface area contributed by atoms with Crippen molar-refractivity contribution in [3.63, 3.8) is 0 Å². The molecule has 0 aliphatic carbocycles. The maximum atomic E-state index is 12.8. The number of hydrogen-bond donors (Lipinski definition) is 1. The van der Waals surface area contributed by atoms with Gasteiger partial charge in [0.1, 0.15) is 17.2 Å². The van der Waals surface area contributed by atoms with E-state index < -0.39 is 16.8 Å². The van der Waals surface area contributed by atoms with Crippen LogP contribution in [-0.4, -0.2) is 36.2 Å². The van der Waals surface area contributed by atoms with Crippen molar-refractivity contribution in [2.24, 2.45) is 5.10 Å². The van der Waals surface area contributed by atoms with Crippen molar-refractivity contribution in [3.8, 4) is 17.2 Å². The van der Waals surface area contributed by atoms with Gasteiger partial charge < -0.3 is 14.2 Å². The van der Waals surface area contributed by atoms with E-state index in [4.69, 9.17) is 14.2 Å². The maximum Gasteiger partial charge on any atom is 0.343 e. The second kappa shape index (κ2) is 12.1. The smallest absolute Gasteiger partial charge is 0.343 e. The van der Waals surface area contributed by atoms with E-state index in [-0.39, 0.29) is 18.0 Å². The number of fused-ring (bicyclic) bond motifs is 1. The summed E-state index contributed by atoms with van der Waals surface area (Å²) in [6.07, 6.45) is 1.40. The Kier molecular flexibility index (Phi) is 8.25. The normalized spacial score (nSPS) is 10.8. The van der Waals surface area contributed by atoms with Crippen LogP contribution >= 0.6 is 0 Å². The Labute approximate surface area is 217 Å². The molecule has 4 aromatic rings. The third kappa shape index (κ3) is 6.49. The van der Waals surface area contributed by atoms with Gasteiger partial charge in [0, 0.05) is 17.7 Å². The second-order valence-corrected chi connectivity index (χ2v) is 7.88. The zero-order valence-corrected chi connectivity index (χ0v) is 20.3. The predicted molar refractivity (Wildman–Crippen MR) is 141 cm³/mol. The largest absolute Gasteiger partial charge is 0.494 e. The topological polar surface area (TPSA) is 129 Å². The number of esters is 1. The van der Waals surface area contributed by atoms with Crippen molar-refractivity contribution in [1.82, 2.24) is 5.43 Å². The van der Waals surface area contributed by atoms with Crippen molar-refractivity contribution in [2.75, 3.05) is 13.2 Å². The first kappa shape index (κ1) is 25.8. The molecular formula is C28H23N3O7. The number of hydrogen-bond acceptors (Lipinski definition) is 8. The van der Waals surface area contributed by atoms with E-state index in [9.17, 15) is 19.7 Å². The van der Waals surface area contributed by atoms with E-state index in [1.54, 1.807) is 30.3 Å². The quantitative estimate of drug-likeness (QED) is 0.105. The summed E-state index contributed by atoms with van der Waals surface area (Å²) in [4.78, 5) is 35.2. The molecule has 0 saturated heterocycles. The number of carbonyl (C=O) groups is 2. The molecule has 38 heavy (non-hydrogen) atoms. The molecule has 192 valence electrons. The van der Waals surface area contributed by atoms with Gasteiger partial charge in [-0.05, 0) is 60.2 Å². The Morgan fingerprint density at radius 3 is 2.32 bits per heavy atom. The van der Waals surface area contributed by atoms with Gasteiger partial charge in [0.05, 0.1) is 23.3 Å². The highest BCUT2D eigenvalue weighted by atomic mass is 16.6. The van der Waals surface area contributed by atoms with E-state index in [0.717, 1.165) is 10.8 Å². The van der Waals surface area contributed by atoms with Crippen LogP contribution in [-0.2, 0) is 4.79 Å². The summed E-state index contributed by atoms with van der Waals surface area (Å²) in [6.45, 7) is 2.03. The number of non-ortho nitro benzene ring substituents is 1. The number of carbonyl (C=O) groups excluding carboxylic acids is 2. The van der Waals surface area contributed by atoms with E-state index in [1.807, 2.05) is 37.3 Å². The molecule has 0 heterocycles. The summed E-state index contributed by atoms with van der Waals surface area (Å²) in [5.41, 5.74) is 3.13. The van der Waals surface area contributed by atoms with Gasteiger partial charge in [-0.1, -0.05) is 30.3 Å². The number of hydrazone groups is 1. The molecular weight excluding hydrogens is 490 g/mol. The van der Waals surface area contributed by atoms with E-state index >= 15 is 0 Å². The summed E-state index contributed by atoms with van der Waals surface area (Å²) < 4.78 is 16.4. The van der Waals surface area contributed by atoms with E-state index in [1.165, 1.54) is 30.5 Å². The molecule has 10 heteroatoms. The van der Waals surface area contributed by atoms with Crippen molar-refractivity contribution in [1.29, 1.82) is 0 Å². The summed E-state index contributed by atoms with van der Waals surface area (Å²) in [7, 11) is 0. The van der Waals surface area contributed by atoms with Crippen LogP contribution in [0.4, 0.5) is 5.69 Å². The van der Waals surface area contributed by atoms with Gasteiger partial charge in [0.15, 0.2) is 6.61 Å². The zero-order chi connectivity index (χ0) is 26.9. The number of nitro benzene ring substituents is 1. The fourth-order valence-electron chi connectivity index (χ4n) is 3.52. The predicted octanol–water partition coefficient (Wildman–Crippen LogP) is 4.90. The molecule has 0 radical (unpaired) electrons. The van der Waals surface area contributed by atoms with Crippen LogP contribution in [0.25, 0.3) is 10.8 Å². The van der Waals surface area contributed by atoms with Crippen LogP contribution in [0.1, 0.15) is 22.8 Å². The average Bonchev–Trinajstić information content (AvgIpc) is 2.93. The van der Waals surface area contributed by atoms with Crippen LogP contribution < -0.4 is 19.6 Å². The van der Waals surface area contributed by atoms with Crippen LogP contribution in [0.15, 0.2) is 90.0 Å². The van der Waals surface area contributed by atoms with Crippen molar-refractivity contribution >= 4 is 34.6 Å². The number of nitrogens with one attached hydrogen (secondary N) is 1. The first-order valence-corrected chi connectivity index (χ1v) is 11.6. The van der Waals surface area contributed by atoms with Crippen molar-refractivity contribution in [2.45, 2.75) is 6.92 Å². The summed E-state index contributed by atoms with van der Waals surface area (Å²) in [5.74, 6) is 0.108. The Balaban J connectivity index is 1.46. The molecule has 0 fully saturated rings. The van der Waals surface area contributed by atoms with E-state index in [2.05, 4.69) is 10.5 Å². The second-order valence-electron chi connectivity index (χ2n) is 7.88. The van der Waals surface area contributed by atoms with Crippen molar-refractivity contribution in [3.05, 3.63) is 106 Å². The molecule has 0 saturated carbocycles. The molecule has 0 aliphatic heterocycles. The lowest BCUT2D eigenvalue weighted by atomic mass is 10.0. The molecule has 0 aromatic heterocycles. The van der Waals surface area contributed by atoms with Gasteiger partial charge in [-0.15, -0.1) is 0 Å². The van der Waals surface area contributed by atoms with Crippen LogP contribution in [0.5, 0.6) is 17.2 Å². The minimum Gasteiger partial charge on any atom is -0.494 e. The SMILES string of the molecule is CCOc1ccc(C(=O)Oc2ccc3ccccc3c2C=NNC(=O)COc2ccc([N+](=O)[O-])cc2)cc1. The first-order valence-electron chi connectivity index (χ1n) is 11.6. The van der Waals surface area contributed by atoms with Crippen LogP contribution in [0.2, 0.25) is 0 Å². The lowest BCUT2D eigenvalue weighted by Crippen LogP contribution is -2.24. The number of amides is 1. The van der Waals surface area contributed by atoms with Gasteiger partial charge in [-0.2, -0.15) is 5.10 Å². The number of ether oxygens (including phenoxy) is 3.